The topological polar surface area (TPSA) is 18.5 Å². The fourth-order valence-electron chi connectivity index (χ4n) is 3.53. The van der Waals surface area contributed by atoms with Gasteiger partial charge in [0, 0.05) is 17.0 Å². The average Bonchev–Trinajstić information content (AvgIpc) is 2.77. The quantitative estimate of drug-likeness (QED) is 0.255. The molecule has 3 aromatic rings. The van der Waals surface area contributed by atoms with Gasteiger partial charge in [0.05, 0.1) is 13.2 Å². The molecule has 0 bridgehead atoms. The molecule has 0 unspecified atom stereocenters. The Kier molecular flexibility index (Phi) is 8.18. The first-order chi connectivity index (χ1) is 14.3. The third-order valence-corrected chi connectivity index (χ3v) is 5.10. The molecule has 3 aromatic carbocycles. The maximum Gasteiger partial charge on any atom is 0.123 e. The van der Waals surface area contributed by atoms with Crippen molar-refractivity contribution in [1.82, 2.24) is 0 Å². The molecule has 0 aromatic heterocycles. The zero-order valence-electron chi connectivity index (χ0n) is 17.6. The van der Waals surface area contributed by atoms with Crippen LogP contribution in [-0.2, 0) is 0 Å². The second-order valence-corrected chi connectivity index (χ2v) is 7.32. The molecule has 2 heteroatoms. The SMILES string of the molecule is CCCCOc1ccccc1C(c1ccccc1)c1ccccc1OCCCC. The first-order valence-electron chi connectivity index (χ1n) is 10.8. The number of ether oxygens (including phenoxy) is 2. The Balaban J connectivity index is 2.05. The predicted octanol–water partition coefficient (Wildman–Crippen LogP) is 7.22. The highest BCUT2D eigenvalue weighted by molar-refractivity contribution is 5.53. The lowest BCUT2D eigenvalue weighted by atomic mass is 9.84. The third-order valence-electron chi connectivity index (χ3n) is 5.10. The molecule has 3 rings (SSSR count). The van der Waals surface area contributed by atoms with E-state index in [0.29, 0.717) is 0 Å². The fraction of sp³-hybridized carbons (Fsp3) is 0.333. The van der Waals surface area contributed by atoms with Crippen LogP contribution >= 0.6 is 0 Å². The first kappa shape index (κ1) is 21.0. The van der Waals surface area contributed by atoms with E-state index >= 15 is 0 Å². The molecular weight excluding hydrogens is 356 g/mol. The van der Waals surface area contributed by atoms with Crippen molar-refractivity contribution in [1.29, 1.82) is 0 Å². The van der Waals surface area contributed by atoms with Crippen molar-refractivity contribution >= 4 is 0 Å². The van der Waals surface area contributed by atoms with E-state index in [0.717, 1.165) is 50.4 Å². The molecule has 29 heavy (non-hydrogen) atoms. The lowest BCUT2D eigenvalue weighted by Gasteiger charge is -2.24. The minimum Gasteiger partial charge on any atom is -0.493 e. The summed E-state index contributed by atoms with van der Waals surface area (Å²) in [5.74, 6) is 1.98. The summed E-state index contributed by atoms with van der Waals surface area (Å²) in [6.07, 6.45) is 4.36. The zero-order chi connectivity index (χ0) is 20.3. The van der Waals surface area contributed by atoms with Crippen LogP contribution < -0.4 is 9.47 Å². The summed E-state index contributed by atoms with van der Waals surface area (Å²) in [5.41, 5.74) is 3.60. The van der Waals surface area contributed by atoms with E-state index in [2.05, 4.69) is 92.7 Å². The Morgan fingerprint density at radius 2 is 1.03 bits per heavy atom. The molecule has 0 saturated carbocycles. The van der Waals surface area contributed by atoms with Crippen LogP contribution in [0.3, 0.4) is 0 Å². The molecular formula is C27H32O2. The van der Waals surface area contributed by atoms with Gasteiger partial charge in [-0.05, 0) is 30.5 Å². The van der Waals surface area contributed by atoms with Gasteiger partial charge in [-0.2, -0.15) is 0 Å². The second-order valence-electron chi connectivity index (χ2n) is 7.32. The van der Waals surface area contributed by atoms with Crippen molar-refractivity contribution in [2.75, 3.05) is 13.2 Å². The van der Waals surface area contributed by atoms with Gasteiger partial charge >= 0.3 is 0 Å². The van der Waals surface area contributed by atoms with Crippen molar-refractivity contribution in [2.45, 2.75) is 45.4 Å². The summed E-state index contributed by atoms with van der Waals surface area (Å²) in [6.45, 7) is 5.85. The highest BCUT2D eigenvalue weighted by Crippen LogP contribution is 2.41. The third kappa shape index (κ3) is 5.63. The van der Waals surface area contributed by atoms with Crippen LogP contribution in [0.1, 0.15) is 62.1 Å². The number of para-hydroxylation sites is 2. The van der Waals surface area contributed by atoms with E-state index in [1.54, 1.807) is 0 Å². The molecule has 0 heterocycles. The minimum atomic E-state index is 0.0619. The van der Waals surface area contributed by atoms with Gasteiger partial charge in [-0.1, -0.05) is 93.4 Å². The lowest BCUT2D eigenvalue weighted by molar-refractivity contribution is 0.302. The molecule has 0 atom stereocenters. The van der Waals surface area contributed by atoms with E-state index in [4.69, 9.17) is 9.47 Å². The van der Waals surface area contributed by atoms with Gasteiger partial charge in [0.15, 0.2) is 0 Å². The Morgan fingerprint density at radius 3 is 1.52 bits per heavy atom. The van der Waals surface area contributed by atoms with Gasteiger partial charge in [0.1, 0.15) is 11.5 Å². The molecule has 0 fully saturated rings. The molecule has 152 valence electrons. The lowest BCUT2D eigenvalue weighted by Crippen LogP contribution is -2.09. The first-order valence-corrected chi connectivity index (χ1v) is 10.8. The van der Waals surface area contributed by atoms with Crippen LogP contribution in [0.25, 0.3) is 0 Å². The number of rotatable bonds is 11. The Hall–Kier alpha value is -2.74. The molecule has 0 aliphatic carbocycles. The van der Waals surface area contributed by atoms with Gasteiger partial charge in [0.2, 0.25) is 0 Å². The molecule has 0 N–H and O–H groups in total. The monoisotopic (exact) mass is 388 g/mol. The number of unbranched alkanes of at least 4 members (excludes halogenated alkanes) is 2. The van der Waals surface area contributed by atoms with Gasteiger partial charge in [-0.15, -0.1) is 0 Å². The van der Waals surface area contributed by atoms with Crippen molar-refractivity contribution in [3.8, 4) is 11.5 Å². The molecule has 0 aliphatic rings. The number of benzene rings is 3. The number of hydrogen-bond donors (Lipinski definition) is 0. The highest BCUT2D eigenvalue weighted by Gasteiger charge is 2.23. The highest BCUT2D eigenvalue weighted by atomic mass is 16.5. The van der Waals surface area contributed by atoms with E-state index in [1.807, 2.05) is 0 Å². The molecule has 2 nitrogen and oxygen atoms in total. The predicted molar refractivity (Wildman–Crippen MR) is 121 cm³/mol. The molecule has 0 spiro atoms. The van der Waals surface area contributed by atoms with Crippen molar-refractivity contribution < 1.29 is 9.47 Å². The molecule has 0 aliphatic heterocycles. The smallest absolute Gasteiger partial charge is 0.123 e. The molecule has 0 amide bonds. The summed E-state index contributed by atoms with van der Waals surface area (Å²) in [7, 11) is 0. The van der Waals surface area contributed by atoms with Crippen LogP contribution in [0.4, 0.5) is 0 Å². The van der Waals surface area contributed by atoms with E-state index < -0.39 is 0 Å². The van der Waals surface area contributed by atoms with Crippen molar-refractivity contribution in [2.24, 2.45) is 0 Å². The van der Waals surface area contributed by atoms with Gasteiger partial charge in [-0.3, -0.25) is 0 Å². The Bertz CT molecular complexity index is 804. The second kappa shape index (κ2) is 11.3. The van der Waals surface area contributed by atoms with E-state index in [1.165, 1.54) is 16.7 Å². The summed E-state index contributed by atoms with van der Waals surface area (Å²) in [5, 5.41) is 0. The van der Waals surface area contributed by atoms with Crippen LogP contribution in [0, 0.1) is 0 Å². The van der Waals surface area contributed by atoms with Gasteiger partial charge < -0.3 is 9.47 Å². The van der Waals surface area contributed by atoms with Crippen LogP contribution in [0.15, 0.2) is 78.9 Å². The summed E-state index contributed by atoms with van der Waals surface area (Å²) in [6, 6.07) is 27.5. The van der Waals surface area contributed by atoms with Crippen LogP contribution in [0.5, 0.6) is 11.5 Å². The van der Waals surface area contributed by atoms with E-state index in [-0.39, 0.29) is 5.92 Å². The normalized spacial score (nSPS) is 10.9. The minimum absolute atomic E-state index is 0.0619. The van der Waals surface area contributed by atoms with E-state index in [9.17, 15) is 0 Å². The maximum absolute atomic E-state index is 6.20. The average molecular weight is 389 g/mol. The van der Waals surface area contributed by atoms with Crippen LogP contribution in [0.2, 0.25) is 0 Å². The molecule has 0 radical (unpaired) electrons. The maximum atomic E-state index is 6.20. The summed E-state index contributed by atoms with van der Waals surface area (Å²) >= 11 is 0. The van der Waals surface area contributed by atoms with Gasteiger partial charge in [-0.25, -0.2) is 0 Å². The van der Waals surface area contributed by atoms with Gasteiger partial charge in [0.25, 0.3) is 0 Å². The molecule has 0 saturated heterocycles. The number of hydrogen-bond acceptors (Lipinski definition) is 2. The van der Waals surface area contributed by atoms with Crippen molar-refractivity contribution in [3.63, 3.8) is 0 Å². The Labute approximate surface area is 175 Å². The summed E-state index contributed by atoms with van der Waals surface area (Å²) in [4.78, 5) is 0. The summed E-state index contributed by atoms with van der Waals surface area (Å²) < 4.78 is 12.4. The van der Waals surface area contributed by atoms with Crippen molar-refractivity contribution in [3.05, 3.63) is 95.6 Å². The Morgan fingerprint density at radius 1 is 0.586 bits per heavy atom. The van der Waals surface area contributed by atoms with Crippen LogP contribution in [-0.4, -0.2) is 13.2 Å². The fourth-order valence-corrected chi connectivity index (χ4v) is 3.53. The standard InChI is InChI=1S/C27H32O2/c1-3-5-20-28-25-18-12-10-16-23(25)27(22-14-8-7-9-15-22)24-17-11-13-19-26(24)29-21-6-4-2/h7-19,27H,3-6,20-21H2,1-2H3. The zero-order valence-corrected chi connectivity index (χ0v) is 17.6. The largest absolute Gasteiger partial charge is 0.493 e.